The molecule has 0 amide bonds. The fraction of sp³-hybridized carbons (Fsp3) is 0.118. The monoisotopic (exact) mass is 341 g/mol. The number of halogens is 1. The number of carbonyl (C=O) groups is 1. The van der Waals surface area contributed by atoms with E-state index in [4.69, 9.17) is 11.6 Å². The summed E-state index contributed by atoms with van der Waals surface area (Å²) < 4.78 is 0. The molecule has 120 valence electrons. The van der Waals surface area contributed by atoms with Crippen molar-refractivity contribution in [3.63, 3.8) is 0 Å². The minimum absolute atomic E-state index is 0.000340. The zero-order valence-electron chi connectivity index (χ0n) is 12.3. The average Bonchev–Trinajstić information content (AvgIpc) is 3.02. The number of benzene rings is 2. The number of para-hydroxylation sites is 1. The molecule has 1 saturated heterocycles. The van der Waals surface area contributed by atoms with Crippen LogP contribution in [-0.4, -0.2) is 21.2 Å². The maximum atomic E-state index is 12.4. The number of fused-ring (bicyclic) bond motifs is 1. The number of hydrogen-bond donors (Lipinski definition) is 1. The second-order valence-corrected chi connectivity index (χ2v) is 6.02. The predicted molar refractivity (Wildman–Crippen MR) is 91.3 cm³/mol. The van der Waals surface area contributed by atoms with Crippen LogP contribution in [0.1, 0.15) is 11.6 Å². The van der Waals surface area contributed by atoms with Crippen molar-refractivity contribution in [3.8, 4) is 0 Å². The van der Waals surface area contributed by atoms with E-state index in [0.717, 1.165) is 16.5 Å². The van der Waals surface area contributed by atoms with Crippen molar-refractivity contribution in [3.05, 3.63) is 70.4 Å². The highest BCUT2D eigenvalue weighted by Crippen LogP contribution is 2.43. The molecule has 0 bridgehead atoms. The normalized spacial score (nSPS) is 20.2. The Morgan fingerprint density at radius 2 is 1.83 bits per heavy atom. The van der Waals surface area contributed by atoms with Crippen LogP contribution in [-0.2, 0) is 4.79 Å². The van der Waals surface area contributed by atoms with E-state index in [-0.39, 0.29) is 11.5 Å². The topological polar surface area (TPSA) is 79.2 Å². The summed E-state index contributed by atoms with van der Waals surface area (Å²) in [5, 5.41) is 11.8. The number of alkyl halides is 1. The third kappa shape index (κ3) is 2.07. The van der Waals surface area contributed by atoms with E-state index in [0.29, 0.717) is 5.69 Å². The smallest absolute Gasteiger partial charge is 0.269 e. The molecule has 24 heavy (non-hydrogen) atoms. The van der Waals surface area contributed by atoms with Crippen LogP contribution in [0, 0.1) is 10.1 Å². The van der Waals surface area contributed by atoms with Gasteiger partial charge in [0, 0.05) is 40.5 Å². The van der Waals surface area contributed by atoms with Crippen LogP contribution in [0.3, 0.4) is 0 Å². The standard InChI is InChI=1S/C17H12ClN3O3/c18-17-16(22)15(13-9-19-14-4-2-1-3-12(13)14)20(17)10-5-7-11(8-6-10)21(23)24/h1-9,15,17,19H/t15-,17-/m1/s1. The number of nitrogens with zero attached hydrogens (tertiary/aromatic N) is 2. The molecule has 1 aliphatic rings. The Kier molecular flexibility index (Phi) is 3.28. The molecule has 0 saturated carbocycles. The molecule has 1 aliphatic heterocycles. The van der Waals surface area contributed by atoms with Crippen LogP contribution in [0.2, 0.25) is 0 Å². The Bertz CT molecular complexity index is 951. The maximum Gasteiger partial charge on any atom is 0.269 e. The summed E-state index contributed by atoms with van der Waals surface area (Å²) in [5.41, 5.74) is 1.70. The lowest BCUT2D eigenvalue weighted by molar-refractivity contribution is -0.384. The summed E-state index contributed by atoms with van der Waals surface area (Å²) in [5.74, 6) is -0.0835. The van der Waals surface area contributed by atoms with Gasteiger partial charge in [0.15, 0.2) is 11.3 Å². The van der Waals surface area contributed by atoms with E-state index < -0.39 is 16.5 Å². The van der Waals surface area contributed by atoms with Gasteiger partial charge in [0.25, 0.3) is 5.69 Å². The van der Waals surface area contributed by atoms with Crippen molar-refractivity contribution in [1.82, 2.24) is 4.98 Å². The fourth-order valence-corrected chi connectivity index (χ4v) is 3.45. The largest absolute Gasteiger partial charge is 0.361 e. The van der Waals surface area contributed by atoms with Gasteiger partial charge in [-0.1, -0.05) is 29.8 Å². The van der Waals surface area contributed by atoms with Crippen molar-refractivity contribution in [2.24, 2.45) is 0 Å². The van der Waals surface area contributed by atoms with Gasteiger partial charge in [0.1, 0.15) is 6.04 Å². The fourth-order valence-electron chi connectivity index (χ4n) is 3.10. The number of H-pyrrole nitrogens is 1. The summed E-state index contributed by atoms with van der Waals surface area (Å²) in [6, 6.07) is 13.3. The van der Waals surface area contributed by atoms with Gasteiger partial charge in [-0.3, -0.25) is 14.9 Å². The molecule has 2 aromatic carbocycles. The van der Waals surface area contributed by atoms with Crippen LogP contribution in [0.25, 0.3) is 10.9 Å². The van der Waals surface area contributed by atoms with E-state index in [2.05, 4.69) is 4.98 Å². The SMILES string of the molecule is O=C1[C@H](Cl)N(c2ccc([N+](=O)[O-])cc2)[C@@H]1c1c[nH]c2ccccc12. The third-order valence-electron chi connectivity index (χ3n) is 4.30. The van der Waals surface area contributed by atoms with Crippen LogP contribution in [0.4, 0.5) is 11.4 Å². The lowest BCUT2D eigenvalue weighted by Crippen LogP contribution is -2.56. The molecular weight excluding hydrogens is 330 g/mol. The van der Waals surface area contributed by atoms with Crippen LogP contribution in [0.5, 0.6) is 0 Å². The molecular formula is C17H12ClN3O3. The van der Waals surface area contributed by atoms with Crippen molar-refractivity contribution in [2.75, 3.05) is 4.90 Å². The number of anilines is 1. The van der Waals surface area contributed by atoms with Crippen LogP contribution < -0.4 is 4.90 Å². The van der Waals surface area contributed by atoms with Gasteiger partial charge < -0.3 is 9.88 Å². The van der Waals surface area contributed by atoms with Gasteiger partial charge in [-0.15, -0.1) is 0 Å². The first kappa shape index (κ1) is 14.7. The summed E-state index contributed by atoms with van der Waals surface area (Å²) >= 11 is 6.20. The highest BCUT2D eigenvalue weighted by Gasteiger charge is 2.48. The average molecular weight is 342 g/mol. The molecule has 7 heteroatoms. The van der Waals surface area contributed by atoms with Crippen molar-refractivity contribution < 1.29 is 9.72 Å². The number of nitro benzene ring substituents is 1. The molecule has 4 rings (SSSR count). The van der Waals surface area contributed by atoms with Crippen molar-refractivity contribution >= 4 is 39.7 Å². The summed E-state index contributed by atoms with van der Waals surface area (Å²) in [4.78, 5) is 27.6. The Hall–Kier alpha value is -2.86. The molecule has 2 atom stereocenters. The Morgan fingerprint density at radius 3 is 2.54 bits per heavy atom. The number of ketones is 1. The van der Waals surface area contributed by atoms with E-state index in [1.54, 1.807) is 17.0 Å². The van der Waals surface area contributed by atoms with Gasteiger partial charge in [0.05, 0.1) is 4.92 Å². The number of carbonyl (C=O) groups excluding carboxylic acids is 1. The number of Topliss-reactive ketones (excluding diaryl/α,β-unsaturated/α-hetero) is 1. The molecule has 3 aromatic rings. The highest BCUT2D eigenvalue weighted by molar-refractivity contribution is 6.37. The molecule has 6 nitrogen and oxygen atoms in total. The number of aromatic nitrogens is 1. The molecule has 0 unspecified atom stereocenters. The number of hydrogen-bond acceptors (Lipinski definition) is 4. The second-order valence-electron chi connectivity index (χ2n) is 5.61. The lowest BCUT2D eigenvalue weighted by Gasteiger charge is -2.45. The zero-order chi connectivity index (χ0) is 16.8. The van der Waals surface area contributed by atoms with Gasteiger partial charge in [-0.05, 0) is 18.2 Å². The van der Waals surface area contributed by atoms with E-state index in [1.165, 1.54) is 12.1 Å². The molecule has 0 radical (unpaired) electrons. The highest BCUT2D eigenvalue weighted by atomic mass is 35.5. The number of aromatic amines is 1. The van der Waals surface area contributed by atoms with Gasteiger partial charge in [-0.25, -0.2) is 0 Å². The zero-order valence-corrected chi connectivity index (χ0v) is 13.1. The van der Waals surface area contributed by atoms with E-state index >= 15 is 0 Å². The van der Waals surface area contributed by atoms with Gasteiger partial charge in [-0.2, -0.15) is 0 Å². The Morgan fingerprint density at radius 1 is 1.12 bits per heavy atom. The quantitative estimate of drug-likeness (QED) is 0.340. The lowest BCUT2D eigenvalue weighted by atomic mass is 9.91. The molecule has 1 aromatic heterocycles. The molecule has 0 aliphatic carbocycles. The first-order valence-electron chi connectivity index (χ1n) is 7.34. The predicted octanol–water partition coefficient (Wildman–Crippen LogP) is 3.77. The van der Waals surface area contributed by atoms with E-state index in [1.807, 2.05) is 30.5 Å². The molecule has 0 spiro atoms. The second kappa shape index (κ2) is 5.35. The first-order chi connectivity index (χ1) is 11.6. The number of non-ortho nitro benzene ring substituents is 1. The van der Waals surface area contributed by atoms with Crippen molar-refractivity contribution in [2.45, 2.75) is 11.5 Å². The summed E-state index contributed by atoms with van der Waals surface area (Å²) in [7, 11) is 0. The number of rotatable bonds is 3. The van der Waals surface area contributed by atoms with Crippen molar-refractivity contribution in [1.29, 1.82) is 0 Å². The first-order valence-corrected chi connectivity index (χ1v) is 7.78. The molecule has 1 N–H and O–H groups in total. The Labute approximate surface area is 141 Å². The summed E-state index contributed by atoms with van der Waals surface area (Å²) in [6.07, 6.45) is 1.81. The van der Waals surface area contributed by atoms with Crippen LogP contribution in [0.15, 0.2) is 54.7 Å². The summed E-state index contributed by atoms with van der Waals surface area (Å²) in [6.45, 7) is 0. The number of nitro groups is 1. The number of nitrogens with one attached hydrogen (secondary N) is 1. The molecule has 2 heterocycles. The van der Waals surface area contributed by atoms with Crippen LogP contribution >= 0.6 is 11.6 Å². The van der Waals surface area contributed by atoms with Gasteiger partial charge in [0.2, 0.25) is 0 Å². The minimum atomic E-state index is -0.773. The third-order valence-corrected chi connectivity index (χ3v) is 4.73. The minimum Gasteiger partial charge on any atom is -0.361 e. The molecule has 1 fully saturated rings. The Balaban J connectivity index is 1.74. The van der Waals surface area contributed by atoms with Gasteiger partial charge >= 0.3 is 0 Å². The maximum absolute atomic E-state index is 12.4. The van der Waals surface area contributed by atoms with E-state index in [9.17, 15) is 14.9 Å².